The summed E-state index contributed by atoms with van der Waals surface area (Å²) in [5.74, 6) is 0.697. The number of rotatable bonds is 2. The van der Waals surface area contributed by atoms with Gasteiger partial charge < -0.3 is 10.6 Å². The Bertz CT molecular complexity index is 382. The average Bonchev–Trinajstić information content (AvgIpc) is 2.30. The molecule has 1 aromatic carbocycles. The first kappa shape index (κ1) is 13.1. The van der Waals surface area contributed by atoms with Crippen LogP contribution in [0.5, 0.6) is 0 Å². The van der Waals surface area contributed by atoms with Crippen molar-refractivity contribution >= 4 is 15.9 Å². The lowest BCUT2D eigenvalue weighted by Crippen LogP contribution is -2.29. The monoisotopic (exact) mass is 296 g/mol. The second-order valence-electron chi connectivity index (χ2n) is 5.15. The van der Waals surface area contributed by atoms with E-state index in [-0.39, 0.29) is 6.04 Å². The van der Waals surface area contributed by atoms with Gasteiger partial charge in [-0.1, -0.05) is 28.1 Å². The Kier molecular flexibility index (Phi) is 4.23. The average molecular weight is 297 g/mol. The van der Waals surface area contributed by atoms with Crippen molar-refractivity contribution < 1.29 is 0 Å². The van der Waals surface area contributed by atoms with E-state index in [1.54, 1.807) is 0 Å². The fourth-order valence-electron chi connectivity index (χ4n) is 2.48. The number of hydrogen-bond donors (Lipinski definition) is 1. The van der Waals surface area contributed by atoms with Gasteiger partial charge in [0.05, 0.1) is 0 Å². The molecule has 0 aliphatic carbocycles. The summed E-state index contributed by atoms with van der Waals surface area (Å²) in [4.78, 5) is 2.40. The van der Waals surface area contributed by atoms with Gasteiger partial charge in [0, 0.05) is 10.5 Å². The number of hydrogen-bond acceptors (Lipinski definition) is 2. The minimum Gasteiger partial charge on any atom is -0.324 e. The first-order chi connectivity index (χ1) is 8.08. The quantitative estimate of drug-likeness (QED) is 0.907. The summed E-state index contributed by atoms with van der Waals surface area (Å²) in [6.07, 6.45) is 2.51. The van der Waals surface area contributed by atoms with Crippen molar-refractivity contribution in [3.8, 4) is 0 Å². The minimum absolute atomic E-state index is 0.109. The second kappa shape index (κ2) is 5.51. The highest BCUT2D eigenvalue weighted by molar-refractivity contribution is 9.10. The number of likely N-dealkylation sites (tertiary alicyclic amines) is 1. The van der Waals surface area contributed by atoms with Gasteiger partial charge in [0.15, 0.2) is 0 Å². The van der Waals surface area contributed by atoms with E-state index in [4.69, 9.17) is 5.73 Å². The van der Waals surface area contributed by atoms with Crippen molar-refractivity contribution in [2.24, 2.45) is 5.73 Å². The maximum absolute atomic E-state index is 5.90. The number of nitrogens with zero attached hydrogens (tertiary/aromatic N) is 1. The molecule has 2 N–H and O–H groups in total. The molecule has 0 amide bonds. The fraction of sp³-hybridized carbons (Fsp3) is 0.571. The molecule has 0 radical (unpaired) electrons. The van der Waals surface area contributed by atoms with E-state index < -0.39 is 0 Å². The second-order valence-corrected chi connectivity index (χ2v) is 6.00. The van der Waals surface area contributed by atoms with Gasteiger partial charge in [0.25, 0.3) is 0 Å². The van der Waals surface area contributed by atoms with Crippen molar-refractivity contribution in [3.63, 3.8) is 0 Å². The van der Waals surface area contributed by atoms with Crippen LogP contribution in [0.1, 0.15) is 42.9 Å². The van der Waals surface area contributed by atoms with E-state index in [1.807, 2.05) is 6.92 Å². The summed E-state index contributed by atoms with van der Waals surface area (Å²) in [6.45, 7) is 4.43. The number of benzene rings is 1. The Balaban J connectivity index is 2.16. The highest BCUT2D eigenvalue weighted by Crippen LogP contribution is 2.33. The van der Waals surface area contributed by atoms with Crippen LogP contribution < -0.4 is 5.73 Å². The van der Waals surface area contributed by atoms with Crippen LogP contribution in [-0.2, 0) is 0 Å². The molecule has 2 nitrogen and oxygen atoms in total. The molecule has 1 fully saturated rings. The summed E-state index contributed by atoms with van der Waals surface area (Å²) in [7, 11) is 2.20. The zero-order chi connectivity index (χ0) is 12.4. The Labute approximate surface area is 112 Å². The smallest absolute Gasteiger partial charge is 0.0266 e. The predicted octanol–water partition coefficient (Wildman–Crippen LogP) is 3.28. The third-order valence-electron chi connectivity index (χ3n) is 3.71. The minimum atomic E-state index is 0.109. The van der Waals surface area contributed by atoms with Crippen molar-refractivity contribution in [3.05, 3.63) is 33.8 Å². The molecule has 0 spiro atoms. The van der Waals surface area contributed by atoms with E-state index in [2.05, 4.69) is 46.1 Å². The maximum atomic E-state index is 5.90. The van der Waals surface area contributed by atoms with Gasteiger partial charge in [-0.25, -0.2) is 0 Å². The van der Waals surface area contributed by atoms with E-state index in [0.717, 1.165) is 0 Å². The molecule has 1 aromatic rings. The van der Waals surface area contributed by atoms with E-state index in [0.29, 0.717) is 5.92 Å². The van der Waals surface area contributed by atoms with Crippen molar-refractivity contribution in [1.29, 1.82) is 0 Å². The van der Waals surface area contributed by atoms with Crippen LogP contribution in [0.15, 0.2) is 22.7 Å². The molecule has 0 bridgehead atoms. The molecular weight excluding hydrogens is 276 g/mol. The molecular formula is C14H21BrN2. The molecule has 94 valence electrons. The van der Waals surface area contributed by atoms with Crippen LogP contribution in [0.4, 0.5) is 0 Å². The number of piperidine rings is 1. The lowest BCUT2D eigenvalue weighted by atomic mass is 9.89. The molecule has 0 saturated carbocycles. The summed E-state index contributed by atoms with van der Waals surface area (Å²) in [6, 6.07) is 6.71. The van der Waals surface area contributed by atoms with Crippen molar-refractivity contribution in [2.45, 2.75) is 31.7 Å². The SMILES string of the molecule is CC(N)c1ccc(C2CCN(C)CC2)c(Br)c1. The van der Waals surface area contributed by atoms with Gasteiger partial charge in [-0.2, -0.15) is 0 Å². The molecule has 1 aliphatic rings. The van der Waals surface area contributed by atoms with Crippen LogP contribution >= 0.6 is 15.9 Å². The van der Waals surface area contributed by atoms with Crippen LogP contribution in [0.25, 0.3) is 0 Å². The number of halogens is 1. The molecule has 1 aliphatic heterocycles. The third-order valence-corrected chi connectivity index (χ3v) is 4.40. The Morgan fingerprint density at radius 2 is 2.00 bits per heavy atom. The van der Waals surface area contributed by atoms with Crippen LogP contribution in [0.3, 0.4) is 0 Å². The van der Waals surface area contributed by atoms with Gasteiger partial charge in [0.2, 0.25) is 0 Å². The lowest BCUT2D eigenvalue weighted by Gasteiger charge is -2.30. The Morgan fingerprint density at radius 1 is 1.35 bits per heavy atom. The maximum Gasteiger partial charge on any atom is 0.0266 e. The van der Waals surface area contributed by atoms with E-state index in [9.17, 15) is 0 Å². The standard InChI is InChI=1S/C14H21BrN2/c1-10(16)12-3-4-13(14(15)9-12)11-5-7-17(2)8-6-11/h3-4,9-11H,5-8,16H2,1-2H3. The van der Waals surface area contributed by atoms with Gasteiger partial charge >= 0.3 is 0 Å². The summed E-state index contributed by atoms with van der Waals surface area (Å²) in [5.41, 5.74) is 8.55. The highest BCUT2D eigenvalue weighted by Gasteiger charge is 2.20. The summed E-state index contributed by atoms with van der Waals surface area (Å²) >= 11 is 3.70. The van der Waals surface area contributed by atoms with Crippen molar-refractivity contribution in [2.75, 3.05) is 20.1 Å². The third kappa shape index (κ3) is 3.09. The van der Waals surface area contributed by atoms with Gasteiger partial charge in [0.1, 0.15) is 0 Å². The highest BCUT2D eigenvalue weighted by atomic mass is 79.9. The molecule has 3 heteroatoms. The van der Waals surface area contributed by atoms with Gasteiger partial charge in [-0.15, -0.1) is 0 Å². The normalized spacial score (nSPS) is 20.5. The molecule has 1 atom stereocenters. The topological polar surface area (TPSA) is 29.3 Å². The molecule has 0 aromatic heterocycles. The van der Waals surface area contributed by atoms with E-state index in [1.165, 1.54) is 41.5 Å². The zero-order valence-corrected chi connectivity index (χ0v) is 12.2. The van der Waals surface area contributed by atoms with Crippen LogP contribution in [0.2, 0.25) is 0 Å². The summed E-state index contributed by atoms with van der Waals surface area (Å²) in [5, 5.41) is 0. The fourth-order valence-corrected chi connectivity index (χ4v) is 3.20. The largest absolute Gasteiger partial charge is 0.324 e. The number of nitrogens with two attached hydrogens (primary N) is 1. The zero-order valence-electron chi connectivity index (χ0n) is 10.6. The molecule has 2 rings (SSSR count). The van der Waals surface area contributed by atoms with Crippen LogP contribution in [0, 0.1) is 0 Å². The van der Waals surface area contributed by atoms with Gasteiger partial charge in [-0.3, -0.25) is 0 Å². The first-order valence-electron chi connectivity index (χ1n) is 6.31. The summed E-state index contributed by atoms with van der Waals surface area (Å²) < 4.78 is 1.22. The van der Waals surface area contributed by atoms with Crippen LogP contribution in [-0.4, -0.2) is 25.0 Å². The van der Waals surface area contributed by atoms with Crippen molar-refractivity contribution in [1.82, 2.24) is 4.90 Å². The molecule has 17 heavy (non-hydrogen) atoms. The lowest BCUT2D eigenvalue weighted by molar-refractivity contribution is 0.255. The predicted molar refractivity (Wildman–Crippen MR) is 76.2 cm³/mol. The molecule has 1 unspecified atom stereocenters. The van der Waals surface area contributed by atoms with Gasteiger partial charge in [-0.05, 0) is 63.0 Å². The van der Waals surface area contributed by atoms with E-state index >= 15 is 0 Å². The Hall–Kier alpha value is -0.380. The first-order valence-corrected chi connectivity index (χ1v) is 7.10. The Morgan fingerprint density at radius 3 is 2.53 bits per heavy atom. The molecule has 1 heterocycles. The molecule has 1 saturated heterocycles.